The topological polar surface area (TPSA) is 29.5 Å². The highest BCUT2D eigenvalue weighted by Gasteiger charge is 2.46. The fourth-order valence-electron chi connectivity index (χ4n) is 4.33. The summed E-state index contributed by atoms with van der Waals surface area (Å²) >= 11 is 0. The van der Waals surface area contributed by atoms with Crippen LogP contribution >= 0.6 is 0 Å². The van der Waals surface area contributed by atoms with E-state index in [-0.39, 0.29) is 23.9 Å². The summed E-state index contributed by atoms with van der Waals surface area (Å²) < 4.78 is 6.00. The molecular weight excluding hydrogens is 346 g/mol. The van der Waals surface area contributed by atoms with Crippen LogP contribution in [0.3, 0.4) is 0 Å². The number of cyclic esters (lactones) is 1. The molecule has 3 aromatic carbocycles. The minimum Gasteiger partial charge on any atom is -0.457 e. The maximum Gasteiger partial charge on any atom is 0.311 e. The van der Waals surface area contributed by atoms with Gasteiger partial charge in [0.1, 0.15) is 6.10 Å². The molecule has 0 spiro atoms. The summed E-state index contributed by atoms with van der Waals surface area (Å²) in [5.41, 5.74) is 2.24. The number of benzene rings is 3. The molecule has 1 heterocycles. The zero-order valence-electron chi connectivity index (χ0n) is 16.5. The fraction of sp³-hybridized carbons (Fsp3) is 0.320. The number of esters is 1. The van der Waals surface area contributed by atoms with Crippen LogP contribution in [0.25, 0.3) is 10.8 Å². The molecule has 3 aromatic rings. The normalized spacial score (nSPS) is 22.0. The van der Waals surface area contributed by atoms with Gasteiger partial charge in [-0.1, -0.05) is 80.6 Å². The molecule has 144 valence electrons. The Morgan fingerprint density at radius 2 is 1.50 bits per heavy atom. The summed E-state index contributed by atoms with van der Waals surface area (Å²) in [5, 5.41) is 2.38. The minimum absolute atomic E-state index is 0.0236. The Morgan fingerprint density at radius 3 is 2.21 bits per heavy atom. The number of nitrogens with zero attached hydrogens (tertiary/aromatic N) is 1. The van der Waals surface area contributed by atoms with Crippen molar-refractivity contribution in [2.75, 3.05) is 19.6 Å². The maximum atomic E-state index is 12.9. The molecule has 28 heavy (non-hydrogen) atoms. The van der Waals surface area contributed by atoms with Crippen LogP contribution in [0.15, 0.2) is 72.8 Å². The van der Waals surface area contributed by atoms with Crippen molar-refractivity contribution in [3.05, 3.63) is 83.9 Å². The standard InChI is InChI=1S/C25H27NO2/c1-3-26(4-2)17-22-23(19-11-6-5-7-12-19)24(28-25(22)27)21-15-14-18-10-8-9-13-20(18)16-21/h5-16,22-24H,3-4,17H2,1-2H3/t22?,23-,24-/m1/s1. The number of rotatable bonds is 6. The molecule has 0 radical (unpaired) electrons. The van der Waals surface area contributed by atoms with E-state index < -0.39 is 0 Å². The highest BCUT2D eigenvalue weighted by molar-refractivity contribution is 5.84. The molecule has 3 heteroatoms. The average molecular weight is 373 g/mol. The summed E-state index contributed by atoms with van der Waals surface area (Å²) in [4.78, 5) is 15.2. The second kappa shape index (κ2) is 8.15. The van der Waals surface area contributed by atoms with Crippen LogP contribution in [0.2, 0.25) is 0 Å². The molecule has 0 aromatic heterocycles. The Balaban J connectivity index is 1.75. The van der Waals surface area contributed by atoms with Gasteiger partial charge in [-0.25, -0.2) is 0 Å². The first-order valence-electron chi connectivity index (χ1n) is 10.2. The summed E-state index contributed by atoms with van der Waals surface area (Å²) in [6, 6.07) is 25.1. The molecule has 0 saturated carbocycles. The molecule has 3 atom stereocenters. The van der Waals surface area contributed by atoms with Gasteiger partial charge in [0, 0.05) is 12.5 Å². The Labute approximate surface area is 166 Å². The number of ether oxygens (including phenoxy) is 1. The smallest absolute Gasteiger partial charge is 0.311 e. The van der Waals surface area contributed by atoms with Crippen LogP contribution in [-0.4, -0.2) is 30.5 Å². The number of fused-ring (bicyclic) bond motifs is 1. The molecule has 1 saturated heterocycles. The van der Waals surface area contributed by atoms with E-state index in [0.29, 0.717) is 0 Å². The van der Waals surface area contributed by atoms with Crippen molar-refractivity contribution >= 4 is 16.7 Å². The largest absolute Gasteiger partial charge is 0.457 e. The molecule has 3 nitrogen and oxygen atoms in total. The van der Waals surface area contributed by atoms with Crippen molar-refractivity contribution in [3.63, 3.8) is 0 Å². The van der Waals surface area contributed by atoms with Gasteiger partial charge in [-0.15, -0.1) is 0 Å². The van der Waals surface area contributed by atoms with Gasteiger partial charge in [-0.2, -0.15) is 0 Å². The van der Waals surface area contributed by atoms with Crippen molar-refractivity contribution < 1.29 is 9.53 Å². The monoisotopic (exact) mass is 373 g/mol. The molecule has 0 N–H and O–H groups in total. The Hall–Kier alpha value is -2.65. The lowest BCUT2D eigenvalue weighted by Gasteiger charge is -2.26. The third kappa shape index (κ3) is 3.55. The van der Waals surface area contributed by atoms with Crippen LogP contribution in [0.4, 0.5) is 0 Å². The highest BCUT2D eigenvalue weighted by Crippen LogP contribution is 2.46. The fourth-order valence-corrected chi connectivity index (χ4v) is 4.33. The molecule has 1 fully saturated rings. The van der Waals surface area contributed by atoms with Crippen LogP contribution in [0, 0.1) is 5.92 Å². The van der Waals surface area contributed by atoms with Gasteiger partial charge in [0.25, 0.3) is 0 Å². The molecule has 1 aliphatic rings. The van der Waals surface area contributed by atoms with Gasteiger partial charge in [-0.3, -0.25) is 4.79 Å². The Kier molecular flexibility index (Phi) is 5.45. The lowest BCUT2D eigenvalue weighted by atomic mass is 9.81. The van der Waals surface area contributed by atoms with Gasteiger partial charge in [0.15, 0.2) is 0 Å². The average Bonchev–Trinajstić information content (AvgIpc) is 3.08. The third-order valence-corrected chi connectivity index (χ3v) is 5.94. The lowest BCUT2D eigenvalue weighted by Crippen LogP contribution is -2.33. The molecule has 1 unspecified atom stereocenters. The SMILES string of the molecule is CCN(CC)CC1C(=O)O[C@H](c2ccc3ccccc3c2)[C@@H]1c1ccccc1. The van der Waals surface area contributed by atoms with Gasteiger partial charge in [0.2, 0.25) is 0 Å². The summed E-state index contributed by atoms with van der Waals surface area (Å²) in [6.07, 6.45) is -0.250. The van der Waals surface area contributed by atoms with Crippen molar-refractivity contribution in [2.45, 2.75) is 25.9 Å². The summed E-state index contributed by atoms with van der Waals surface area (Å²) in [6.45, 7) is 6.88. The van der Waals surface area contributed by atoms with E-state index in [0.717, 1.165) is 25.2 Å². The maximum absolute atomic E-state index is 12.9. The molecule has 1 aliphatic heterocycles. The van der Waals surface area contributed by atoms with Gasteiger partial charge in [0.05, 0.1) is 5.92 Å². The number of hydrogen-bond donors (Lipinski definition) is 0. The Morgan fingerprint density at radius 1 is 0.821 bits per heavy atom. The van der Waals surface area contributed by atoms with Crippen LogP contribution in [-0.2, 0) is 9.53 Å². The Bertz CT molecular complexity index is 949. The molecule has 0 aliphatic carbocycles. The van der Waals surface area contributed by atoms with E-state index in [1.54, 1.807) is 0 Å². The first-order chi connectivity index (χ1) is 13.7. The highest BCUT2D eigenvalue weighted by atomic mass is 16.6. The predicted molar refractivity (Wildman–Crippen MR) is 113 cm³/mol. The molecule has 0 bridgehead atoms. The number of carbonyl (C=O) groups excluding carboxylic acids is 1. The van der Waals surface area contributed by atoms with E-state index in [1.165, 1.54) is 16.3 Å². The van der Waals surface area contributed by atoms with E-state index in [4.69, 9.17) is 4.74 Å². The lowest BCUT2D eigenvalue weighted by molar-refractivity contribution is -0.144. The predicted octanol–water partition coefficient (Wildman–Crippen LogP) is 5.18. The number of hydrogen-bond acceptors (Lipinski definition) is 3. The third-order valence-electron chi connectivity index (χ3n) is 5.94. The minimum atomic E-state index is -0.250. The quantitative estimate of drug-likeness (QED) is 0.558. The first kappa shape index (κ1) is 18.7. The second-order valence-corrected chi connectivity index (χ2v) is 7.49. The zero-order chi connectivity index (χ0) is 19.5. The zero-order valence-corrected chi connectivity index (χ0v) is 16.5. The summed E-state index contributed by atoms with van der Waals surface area (Å²) in [7, 11) is 0. The van der Waals surface area contributed by atoms with Gasteiger partial charge < -0.3 is 9.64 Å². The van der Waals surface area contributed by atoms with Crippen LogP contribution in [0.1, 0.15) is 37.0 Å². The van der Waals surface area contributed by atoms with E-state index in [9.17, 15) is 4.79 Å². The molecular formula is C25H27NO2. The van der Waals surface area contributed by atoms with Crippen molar-refractivity contribution in [2.24, 2.45) is 5.92 Å². The van der Waals surface area contributed by atoms with E-state index >= 15 is 0 Å². The van der Waals surface area contributed by atoms with Crippen molar-refractivity contribution in [1.82, 2.24) is 4.90 Å². The van der Waals surface area contributed by atoms with E-state index in [1.807, 2.05) is 30.3 Å². The van der Waals surface area contributed by atoms with Crippen LogP contribution in [0.5, 0.6) is 0 Å². The summed E-state index contributed by atoms with van der Waals surface area (Å²) in [5.74, 6) is -0.215. The molecule has 0 amide bonds. The number of carbonyl (C=O) groups is 1. The van der Waals surface area contributed by atoms with Gasteiger partial charge >= 0.3 is 5.97 Å². The van der Waals surface area contributed by atoms with Crippen molar-refractivity contribution in [3.8, 4) is 0 Å². The first-order valence-corrected chi connectivity index (χ1v) is 10.2. The van der Waals surface area contributed by atoms with Crippen LogP contribution < -0.4 is 0 Å². The second-order valence-electron chi connectivity index (χ2n) is 7.49. The van der Waals surface area contributed by atoms with Crippen molar-refractivity contribution in [1.29, 1.82) is 0 Å². The molecule has 4 rings (SSSR count). The van der Waals surface area contributed by atoms with E-state index in [2.05, 4.69) is 61.2 Å². The van der Waals surface area contributed by atoms with Gasteiger partial charge in [-0.05, 0) is 41.1 Å².